The highest BCUT2D eigenvalue weighted by Crippen LogP contribution is 2.32. The summed E-state index contributed by atoms with van der Waals surface area (Å²) in [6, 6.07) is 13.8. The maximum absolute atomic E-state index is 14.2. The topological polar surface area (TPSA) is 50.2 Å². The van der Waals surface area contributed by atoms with Crippen LogP contribution in [-0.2, 0) is 16.8 Å². The zero-order valence-electron chi connectivity index (χ0n) is 12.4. The van der Waals surface area contributed by atoms with Crippen LogP contribution in [0, 0.1) is 5.82 Å². The van der Waals surface area contributed by atoms with E-state index in [9.17, 15) is 8.60 Å². The molecule has 0 bridgehead atoms. The van der Waals surface area contributed by atoms with E-state index >= 15 is 0 Å². The summed E-state index contributed by atoms with van der Waals surface area (Å²) in [6.45, 7) is 0. The largest absolute Gasteiger partial charge is 0.306 e. The average Bonchev–Trinajstić information content (AvgIpc) is 2.57. The third kappa shape index (κ3) is 3.70. The van der Waals surface area contributed by atoms with E-state index in [2.05, 4.69) is 4.98 Å². The van der Waals surface area contributed by atoms with Gasteiger partial charge in [-0.1, -0.05) is 35.9 Å². The molecule has 0 aliphatic heterocycles. The molecule has 3 aromatic rings. The molecule has 0 fully saturated rings. The van der Waals surface area contributed by atoms with Gasteiger partial charge in [0.05, 0.1) is 5.75 Å². The minimum absolute atomic E-state index is 0.205. The predicted octanol–water partition coefficient (Wildman–Crippen LogP) is 4.93. The van der Waals surface area contributed by atoms with Crippen molar-refractivity contribution in [2.75, 3.05) is 0 Å². The summed E-state index contributed by atoms with van der Waals surface area (Å²) in [5.41, 5.74) is 3.47. The summed E-state index contributed by atoms with van der Waals surface area (Å²) in [4.78, 5) is 4.13. The second-order valence-electron chi connectivity index (χ2n) is 5.20. The summed E-state index contributed by atoms with van der Waals surface area (Å²) >= 11 is 3.85. The molecule has 0 amide bonds. The van der Waals surface area contributed by atoms with Crippen LogP contribution in [0.3, 0.4) is 0 Å². The van der Waals surface area contributed by atoms with Crippen LogP contribution in [0.15, 0.2) is 60.9 Å². The Morgan fingerprint density at radius 1 is 1.04 bits per heavy atom. The molecule has 0 aliphatic rings. The summed E-state index contributed by atoms with van der Waals surface area (Å²) in [5, 5.41) is 0.641. The van der Waals surface area contributed by atoms with Gasteiger partial charge in [-0.3, -0.25) is 4.98 Å². The summed E-state index contributed by atoms with van der Waals surface area (Å²) < 4.78 is 34.0. The second-order valence-corrected chi connectivity index (χ2v) is 6.57. The molecule has 3 rings (SSSR count). The number of benzene rings is 2. The van der Waals surface area contributed by atoms with Crippen molar-refractivity contribution >= 4 is 22.7 Å². The number of hydrogen-bond donors (Lipinski definition) is 1. The molecule has 1 atom stereocenters. The first-order chi connectivity index (χ1) is 11.5. The van der Waals surface area contributed by atoms with Crippen LogP contribution in [0.4, 0.5) is 4.39 Å². The summed E-state index contributed by atoms with van der Waals surface area (Å²) in [5.74, 6) is -0.746. The van der Waals surface area contributed by atoms with E-state index in [1.54, 1.807) is 30.6 Å². The fourth-order valence-electron chi connectivity index (χ4n) is 2.47. The van der Waals surface area contributed by atoms with E-state index in [4.69, 9.17) is 16.2 Å². The van der Waals surface area contributed by atoms with Gasteiger partial charge in [-0.25, -0.2) is 8.60 Å². The maximum atomic E-state index is 14.2. The summed E-state index contributed by atoms with van der Waals surface area (Å²) in [7, 11) is 0. The molecule has 0 aliphatic carbocycles. The third-order valence-electron chi connectivity index (χ3n) is 3.62. The molecule has 0 saturated carbocycles. The second kappa shape index (κ2) is 7.21. The first-order valence-electron chi connectivity index (χ1n) is 7.11. The van der Waals surface area contributed by atoms with Crippen LogP contribution in [0.25, 0.3) is 22.3 Å². The Morgan fingerprint density at radius 3 is 2.42 bits per heavy atom. The minimum Gasteiger partial charge on any atom is -0.306 e. The molecular weight excluding hydrogens is 349 g/mol. The number of rotatable bonds is 4. The molecule has 1 aromatic heterocycles. The molecule has 1 heterocycles. The Labute approximate surface area is 146 Å². The molecular formula is C18H13ClFNO2S. The van der Waals surface area contributed by atoms with E-state index in [1.807, 2.05) is 18.2 Å². The van der Waals surface area contributed by atoms with E-state index in [1.165, 1.54) is 12.1 Å². The molecule has 2 aromatic carbocycles. The fraction of sp³-hybridized carbons (Fsp3) is 0.0556. The Kier molecular flexibility index (Phi) is 5.04. The zero-order chi connectivity index (χ0) is 17.1. The van der Waals surface area contributed by atoms with E-state index in [-0.39, 0.29) is 11.3 Å². The van der Waals surface area contributed by atoms with Gasteiger partial charge in [0.1, 0.15) is 5.82 Å². The van der Waals surface area contributed by atoms with Crippen LogP contribution in [0.1, 0.15) is 5.56 Å². The number of hydrogen-bond acceptors (Lipinski definition) is 2. The Hall–Kier alpha value is -2.08. The van der Waals surface area contributed by atoms with Crippen molar-refractivity contribution in [3.8, 4) is 22.3 Å². The van der Waals surface area contributed by atoms with Gasteiger partial charge >= 0.3 is 0 Å². The standard InChI is InChI=1S/C18H13ClFNO2S/c19-15-5-3-12(4-6-15)16-7-8-21-10-17(16)13-1-2-14(11-24(22)23)18(20)9-13/h1-10H,11H2,(H,22,23). The Balaban J connectivity index is 2.06. The van der Waals surface area contributed by atoms with Crippen LogP contribution in [0.2, 0.25) is 5.02 Å². The van der Waals surface area contributed by atoms with Gasteiger partial charge in [-0.05, 0) is 41.0 Å². The predicted molar refractivity (Wildman–Crippen MR) is 94.6 cm³/mol. The zero-order valence-corrected chi connectivity index (χ0v) is 14.0. The van der Waals surface area contributed by atoms with Gasteiger partial charge in [-0.15, -0.1) is 0 Å². The maximum Gasteiger partial charge on any atom is 0.157 e. The fourth-order valence-corrected chi connectivity index (χ4v) is 3.10. The number of pyridine rings is 1. The van der Waals surface area contributed by atoms with Gasteiger partial charge < -0.3 is 4.55 Å². The van der Waals surface area contributed by atoms with E-state index < -0.39 is 16.9 Å². The molecule has 1 unspecified atom stereocenters. The van der Waals surface area contributed by atoms with Crippen LogP contribution in [-0.4, -0.2) is 13.7 Å². The molecule has 0 saturated heterocycles. The SMILES string of the molecule is O=S(O)Cc1ccc(-c2cnccc2-c2ccc(Cl)cc2)cc1F. The lowest BCUT2D eigenvalue weighted by molar-refractivity contribution is 0.559. The van der Waals surface area contributed by atoms with E-state index in [0.29, 0.717) is 10.6 Å². The lowest BCUT2D eigenvalue weighted by atomic mass is 9.96. The number of nitrogens with zero attached hydrogens (tertiary/aromatic N) is 1. The van der Waals surface area contributed by atoms with E-state index in [0.717, 1.165) is 16.7 Å². The monoisotopic (exact) mass is 361 g/mol. The molecule has 0 radical (unpaired) electrons. The average molecular weight is 362 g/mol. The van der Waals surface area contributed by atoms with Crippen molar-refractivity contribution in [2.45, 2.75) is 5.75 Å². The highest BCUT2D eigenvalue weighted by Gasteiger charge is 2.11. The van der Waals surface area contributed by atoms with Crippen molar-refractivity contribution in [1.29, 1.82) is 0 Å². The Bertz CT molecular complexity index is 900. The highest BCUT2D eigenvalue weighted by molar-refractivity contribution is 7.78. The van der Waals surface area contributed by atoms with Gasteiger partial charge in [0.15, 0.2) is 11.1 Å². The molecule has 1 N–H and O–H groups in total. The van der Waals surface area contributed by atoms with Gasteiger partial charge in [0.2, 0.25) is 0 Å². The van der Waals surface area contributed by atoms with Gasteiger partial charge in [-0.2, -0.15) is 0 Å². The molecule has 24 heavy (non-hydrogen) atoms. The van der Waals surface area contributed by atoms with Crippen LogP contribution >= 0.6 is 11.6 Å². The first kappa shape index (κ1) is 16.8. The summed E-state index contributed by atoms with van der Waals surface area (Å²) in [6.07, 6.45) is 3.34. The molecule has 6 heteroatoms. The van der Waals surface area contributed by atoms with Crippen molar-refractivity contribution < 1.29 is 13.2 Å². The normalized spacial score (nSPS) is 12.1. The van der Waals surface area contributed by atoms with Crippen molar-refractivity contribution in [1.82, 2.24) is 4.98 Å². The molecule has 0 spiro atoms. The number of aromatic nitrogens is 1. The molecule has 3 nitrogen and oxygen atoms in total. The quantitative estimate of drug-likeness (QED) is 0.670. The van der Waals surface area contributed by atoms with Gasteiger partial charge in [0.25, 0.3) is 0 Å². The minimum atomic E-state index is -2.08. The highest BCUT2D eigenvalue weighted by atomic mass is 35.5. The van der Waals surface area contributed by atoms with Crippen molar-refractivity contribution in [3.05, 3.63) is 77.3 Å². The van der Waals surface area contributed by atoms with Crippen molar-refractivity contribution in [2.24, 2.45) is 0 Å². The van der Waals surface area contributed by atoms with Crippen LogP contribution in [0.5, 0.6) is 0 Å². The lowest BCUT2D eigenvalue weighted by Gasteiger charge is -2.11. The first-order valence-corrected chi connectivity index (χ1v) is 8.76. The lowest BCUT2D eigenvalue weighted by Crippen LogP contribution is -1.97. The third-order valence-corrected chi connectivity index (χ3v) is 4.43. The molecule has 122 valence electrons. The van der Waals surface area contributed by atoms with Gasteiger partial charge in [0, 0.05) is 28.5 Å². The smallest absolute Gasteiger partial charge is 0.157 e. The Morgan fingerprint density at radius 2 is 1.75 bits per heavy atom. The van der Waals surface area contributed by atoms with Crippen LogP contribution < -0.4 is 0 Å². The van der Waals surface area contributed by atoms with Crippen molar-refractivity contribution in [3.63, 3.8) is 0 Å². The number of halogens is 2.